The highest BCUT2D eigenvalue weighted by Gasteiger charge is 2.31. The van der Waals surface area contributed by atoms with Crippen LogP contribution in [0.5, 0.6) is 5.75 Å². The number of piperidine rings is 1. The first-order chi connectivity index (χ1) is 15.0. The number of hydrogen-bond acceptors (Lipinski definition) is 6. The van der Waals surface area contributed by atoms with Crippen molar-refractivity contribution in [2.24, 2.45) is 0 Å². The number of aromatic nitrogens is 3. The average Bonchev–Trinajstić information content (AvgIpc) is 3.21. The van der Waals surface area contributed by atoms with E-state index < -0.39 is 10.0 Å². The molecule has 0 N–H and O–H groups in total. The van der Waals surface area contributed by atoms with E-state index >= 15 is 0 Å². The number of ether oxygens (including phenoxy) is 1. The van der Waals surface area contributed by atoms with Gasteiger partial charge >= 0.3 is 0 Å². The van der Waals surface area contributed by atoms with Crippen molar-refractivity contribution in [2.75, 3.05) is 13.7 Å². The van der Waals surface area contributed by atoms with E-state index in [-0.39, 0.29) is 30.1 Å². The Balaban J connectivity index is 1.61. The van der Waals surface area contributed by atoms with Crippen LogP contribution in [0, 0.1) is 0 Å². The Bertz CT molecular complexity index is 1200. The molecule has 0 spiro atoms. The van der Waals surface area contributed by atoms with Crippen LogP contribution in [0.15, 0.2) is 71.4 Å². The smallest absolute Gasteiger partial charge is 0.264 e. The fourth-order valence-corrected chi connectivity index (χ4v) is 4.91. The molecule has 9 heteroatoms. The number of nitrogens with zero attached hydrogens (tertiary/aromatic N) is 4. The van der Waals surface area contributed by atoms with Crippen LogP contribution in [-0.4, -0.2) is 47.2 Å². The normalized spacial score (nSPS) is 16.0. The summed E-state index contributed by atoms with van der Waals surface area (Å²) in [6.07, 6.45) is 3.55. The highest BCUT2D eigenvalue weighted by atomic mass is 32.2. The molecule has 0 atom stereocenters. The summed E-state index contributed by atoms with van der Waals surface area (Å²) in [6.45, 7) is 0.640. The van der Waals surface area contributed by atoms with Gasteiger partial charge in [0.05, 0.1) is 24.7 Å². The number of benzene rings is 2. The second kappa shape index (κ2) is 8.73. The minimum Gasteiger partial charge on any atom is -0.497 e. The van der Waals surface area contributed by atoms with E-state index in [1.807, 2.05) is 30.3 Å². The molecule has 160 valence electrons. The Kier molecular flexibility index (Phi) is 5.85. The second-order valence-corrected chi connectivity index (χ2v) is 9.04. The van der Waals surface area contributed by atoms with Gasteiger partial charge in [0.25, 0.3) is 10.0 Å². The van der Waals surface area contributed by atoms with Gasteiger partial charge < -0.3 is 4.74 Å². The van der Waals surface area contributed by atoms with Crippen LogP contribution in [0.2, 0.25) is 0 Å². The molecule has 4 rings (SSSR count). The summed E-state index contributed by atoms with van der Waals surface area (Å²) in [4.78, 5) is 12.2. The summed E-state index contributed by atoms with van der Waals surface area (Å²) < 4.78 is 34.5. The summed E-state index contributed by atoms with van der Waals surface area (Å²) in [5, 5.41) is 8.25. The van der Waals surface area contributed by atoms with Gasteiger partial charge in [-0.05, 0) is 35.9 Å². The van der Waals surface area contributed by atoms with Gasteiger partial charge in [-0.15, -0.1) is 5.10 Å². The zero-order chi connectivity index (χ0) is 21.8. The van der Waals surface area contributed by atoms with Gasteiger partial charge in [-0.2, -0.15) is 0 Å². The number of sulfonamides is 1. The number of rotatable bonds is 6. The van der Waals surface area contributed by atoms with Crippen molar-refractivity contribution >= 4 is 21.9 Å². The van der Waals surface area contributed by atoms with E-state index in [9.17, 15) is 13.2 Å². The number of Topliss-reactive ketones (excluding diaryl/α,β-unsaturated/α-hetero) is 1. The molecule has 2 aromatic carbocycles. The molecule has 0 saturated carbocycles. The zero-order valence-electron chi connectivity index (χ0n) is 17.0. The highest BCUT2D eigenvalue weighted by Crippen LogP contribution is 2.28. The molecule has 1 aromatic heterocycles. The molecule has 0 bridgehead atoms. The second-order valence-electron chi connectivity index (χ2n) is 7.18. The van der Waals surface area contributed by atoms with Gasteiger partial charge in [-0.1, -0.05) is 35.5 Å². The number of carbonyl (C=O) groups excluding carboxylic acids is 1. The molecule has 0 radical (unpaired) electrons. The van der Waals surface area contributed by atoms with Crippen LogP contribution >= 0.6 is 0 Å². The Hall–Kier alpha value is -3.46. The van der Waals surface area contributed by atoms with Crippen molar-refractivity contribution in [2.45, 2.75) is 24.3 Å². The number of allylic oxidation sites excluding steroid dienone is 1. The predicted molar refractivity (Wildman–Crippen MR) is 115 cm³/mol. The third-order valence-electron chi connectivity index (χ3n) is 5.00. The van der Waals surface area contributed by atoms with Crippen LogP contribution in [0.1, 0.15) is 24.1 Å². The van der Waals surface area contributed by atoms with E-state index in [0.717, 1.165) is 5.56 Å². The van der Waals surface area contributed by atoms with E-state index in [2.05, 4.69) is 10.3 Å². The maximum atomic E-state index is 13.2. The maximum absolute atomic E-state index is 13.2. The molecule has 0 aliphatic carbocycles. The fraction of sp³-hybridized carbons (Fsp3) is 0.227. The van der Waals surface area contributed by atoms with Crippen molar-refractivity contribution < 1.29 is 17.9 Å². The molecule has 31 heavy (non-hydrogen) atoms. The van der Waals surface area contributed by atoms with Crippen LogP contribution in [0.4, 0.5) is 0 Å². The van der Waals surface area contributed by atoms with E-state index in [0.29, 0.717) is 23.7 Å². The van der Waals surface area contributed by atoms with Gasteiger partial charge in [-0.25, -0.2) is 13.1 Å². The van der Waals surface area contributed by atoms with E-state index in [4.69, 9.17) is 4.74 Å². The topological polar surface area (TPSA) is 94.4 Å². The van der Waals surface area contributed by atoms with Crippen LogP contribution in [-0.2, 0) is 21.4 Å². The lowest BCUT2D eigenvalue weighted by atomic mass is 10.1. The first-order valence-corrected chi connectivity index (χ1v) is 11.2. The molecular formula is C22H22N4O4S. The SMILES string of the molecule is COc1ccc(S(=O)(=O)N2CCC(=O)CC2=Cc2cn(Cc3ccccc3)nn2)cc1. The summed E-state index contributed by atoms with van der Waals surface area (Å²) in [5.41, 5.74) is 1.96. The monoisotopic (exact) mass is 438 g/mol. The first-order valence-electron chi connectivity index (χ1n) is 9.79. The van der Waals surface area contributed by atoms with E-state index in [1.54, 1.807) is 29.1 Å². The zero-order valence-corrected chi connectivity index (χ0v) is 17.8. The van der Waals surface area contributed by atoms with Gasteiger partial charge in [0.1, 0.15) is 17.2 Å². The van der Waals surface area contributed by atoms with Crippen LogP contribution in [0.3, 0.4) is 0 Å². The van der Waals surface area contributed by atoms with Gasteiger partial charge in [-0.3, -0.25) is 9.10 Å². The molecule has 2 heterocycles. The third kappa shape index (κ3) is 4.66. The van der Waals surface area contributed by atoms with Crippen molar-refractivity contribution in [3.8, 4) is 5.75 Å². The summed E-state index contributed by atoms with van der Waals surface area (Å²) >= 11 is 0. The molecule has 1 aliphatic heterocycles. The van der Waals surface area contributed by atoms with Crippen molar-refractivity contribution in [1.82, 2.24) is 19.3 Å². The largest absolute Gasteiger partial charge is 0.497 e. The molecular weight excluding hydrogens is 416 g/mol. The van der Waals surface area contributed by atoms with Gasteiger partial charge in [0.15, 0.2) is 0 Å². The molecule has 0 unspecified atom stereocenters. The number of hydrogen-bond donors (Lipinski definition) is 0. The van der Waals surface area contributed by atoms with E-state index in [1.165, 1.54) is 23.5 Å². The lowest BCUT2D eigenvalue weighted by Gasteiger charge is -2.30. The minimum atomic E-state index is -3.82. The predicted octanol–water partition coefficient (Wildman–Crippen LogP) is 2.73. The number of ketones is 1. The number of methoxy groups -OCH3 is 1. The Morgan fingerprint density at radius 2 is 1.84 bits per heavy atom. The highest BCUT2D eigenvalue weighted by molar-refractivity contribution is 7.89. The summed E-state index contributed by atoms with van der Waals surface area (Å²) in [7, 11) is -2.30. The average molecular weight is 439 g/mol. The Morgan fingerprint density at radius 1 is 1.10 bits per heavy atom. The molecule has 1 aliphatic rings. The van der Waals surface area contributed by atoms with Crippen molar-refractivity contribution in [3.05, 3.63) is 77.7 Å². The molecule has 1 fully saturated rings. The van der Waals surface area contributed by atoms with Gasteiger partial charge in [0.2, 0.25) is 0 Å². The minimum absolute atomic E-state index is 0.0101. The summed E-state index contributed by atoms with van der Waals surface area (Å²) in [5.74, 6) is 0.558. The summed E-state index contributed by atoms with van der Waals surface area (Å²) in [6, 6.07) is 16.0. The fourth-order valence-electron chi connectivity index (χ4n) is 3.42. The Labute approximate surface area is 180 Å². The van der Waals surface area contributed by atoms with Crippen LogP contribution in [0.25, 0.3) is 6.08 Å². The molecule has 1 saturated heterocycles. The quantitative estimate of drug-likeness (QED) is 0.587. The lowest BCUT2D eigenvalue weighted by Crippen LogP contribution is -2.37. The van der Waals surface area contributed by atoms with Crippen molar-refractivity contribution in [3.63, 3.8) is 0 Å². The lowest BCUT2D eigenvalue weighted by molar-refractivity contribution is -0.119. The molecule has 0 amide bonds. The molecule has 8 nitrogen and oxygen atoms in total. The third-order valence-corrected chi connectivity index (χ3v) is 6.86. The molecule has 3 aromatic rings. The van der Waals surface area contributed by atoms with Gasteiger partial charge in [0, 0.05) is 25.1 Å². The van der Waals surface area contributed by atoms with Crippen molar-refractivity contribution in [1.29, 1.82) is 0 Å². The number of carbonyl (C=O) groups is 1. The van der Waals surface area contributed by atoms with Crippen LogP contribution < -0.4 is 4.74 Å². The standard InChI is InChI=1S/C22H22N4O4S/c1-30-21-7-9-22(10-8-21)31(28,29)26-12-11-20(27)14-19(26)13-18-16-25(24-23-18)15-17-5-3-2-4-6-17/h2-10,13,16H,11-12,14-15H2,1H3. The Morgan fingerprint density at radius 3 is 2.55 bits per heavy atom. The maximum Gasteiger partial charge on any atom is 0.264 e. The first kappa shape index (κ1) is 20.8.